The zero-order valence-corrected chi connectivity index (χ0v) is 13.4. The summed E-state index contributed by atoms with van der Waals surface area (Å²) < 4.78 is 12.8. The summed E-state index contributed by atoms with van der Waals surface area (Å²) in [6.07, 6.45) is 1.56. The zero-order chi connectivity index (χ0) is 16.1. The van der Waals surface area contributed by atoms with Gasteiger partial charge in [-0.15, -0.1) is 11.3 Å². The van der Waals surface area contributed by atoms with E-state index in [-0.39, 0.29) is 5.82 Å². The minimum Gasteiger partial charge on any atom is -0.390 e. The summed E-state index contributed by atoms with van der Waals surface area (Å²) in [6, 6.07) is 16.1. The number of halogens is 1. The van der Waals surface area contributed by atoms with E-state index in [1.165, 1.54) is 12.1 Å². The van der Waals surface area contributed by atoms with E-state index in [4.69, 9.17) is 4.84 Å². The van der Waals surface area contributed by atoms with Gasteiger partial charge in [-0.3, -0.25) is 0 Å². The monoisotopic (exact) mass is 326 g/mol. The molecule has 0 aliphatic rings. The molecule has 5 heteroatoms. The lowest BCUT2D eigenvalue weighted by Gasteiger charge is -1.97. The normalized spacial score (nSPS) is 11.0. The van der Waals surface area contributed by atoms with E-state index in [0.29, 0.717) is 6.61 Å². The topological polar surface area (TPSA) is 34.5 Å². The van der Waals surface area contributed by atoms with Gasteiger partial charge in [0.1, 0.15) is 10.8 Å². The van der Waals surface area contributed by atoms with Gasteiger partial charge in [0, 0.05) is 5.56 Å². The Hall–Kier alpha value is -2.53. The van der Waals surface area contributed by atoms with Crippen molar-refractivity contribution in [2.75, 3.05) is 0 Å². The van der Waals surface area contributed by atoms with Gasteiger partial charge < -0.3 is 4.84 Å². The van der Waals surface area contributed by atoms with E-state index >= 15 is 0 Å². The van der Waals surface area contributed by atoms with E-state index in [1.807, 2.05) is 37.3 Å². The molecule has 0 radical (unpaired) electrons. The quantitative estimate of drug-likeness (QED) is 0.498. The van der Waals surface area contributed by atoms with Crippen LogP contribution in [0.25, 0.3) is 10.6 Å². The lowest BCUT2D eigenvalue weighted by molar-refractivity contribution is 0.134. The van der Waals surface area contributed by atoms with Gasteiger partial charge in [0.25, 0.3) is 0 Å². The zero-order valence-electron chi connectivity index (χ0n) is 12.6. The van der Waals surface area contributed by atoms with Crippen LogP contribution in [0.1, 0.15) is 16.1 Å². The van der Waals surface area contributed by atoms with Crippen molar-refractivity contribution in [3.8, 4) is 10.6 Å². The second-order valence-corrected chi connectivity index (χ2v) is 6.04. The van der Waals surface area contributed by atoms with Crippen molar-refractivity contribution in [2.45, 2.75) is 13.5 Å². The highest BCUT2D eigenvalue weighted by Gasteiger charge is 2.09. The van der Waals surface area contributed by atoms with Gasteiger partial charge in [-0.05, 0) is 24.6 Å². The smallest absolute Gasteiger partial charge is 0.153 e. The Morgan fingerprint density at radius 3 is 2.61 bits per heavy atom. The van der Waals surface area contributed by atoms with Crippen LogP contribution in [0.15, 0.2) is 59.8 Å². The summed E-state index contributed by atoms with van der Waals surface area (Å²) in [7, 11) is 0. The first-order valence-electron chi connectivity index (χ1n) is 7.15. The maximum absolute atomic E-state index is 12.8. The minimum absolute atomic E-state index is 0.267. The number of thiazole rings is 1. The molecule has 3 nitrogen and oxygen atoms in total. The summed E-state index contributed by atoms with van der Waals surface area (Å²) in [6.45, 7) is 2.33. The van der Waals surface area contributed by atoms with Crippen molar-refractivity contribution in [1.82, 2.24) is 4.98 Å². The van der Waals surface area contributed by atoms with Crippen LogP contribution in [0.3, 0.4) is 0 Å². The maximum Gasteiger partial charge on any atom is 0.153 e. The predicted octanol–water partition coefficient (Wildman–Crippen LogP) is 4.81. The third-order valence-corrected chi connectivity index (χ3v) is 4.44. The Morgan fingerprint density at radius 1 is 1.13 bits per heavy atom. The summed E-state index contributed by atoms with van der Waals surface area (Å²) in [5.74, 6) is -0.267. The number of hydrogen-bond acceptors (Lipinski definition) is 4. The van der Waals surface area contributed by atoms with Gasteiger partial charge in [-0.25, -0.2) is 9.37 Å². The second-order valence-electron chi connectivity index (χ2n) is 4.95. The number of aromatic nitrogens is 1. The fourth-order valence-corrected chi connectivity index (χ4v) is 2.98. The van der Waals surface area contributed by atoms with E-state index in [0.717, 1.165) is 26.7 Å². The van der Waals surface area contributed by atoms with Crippen LogP contribution >= 0.6 is 11.3 Å². The first kappa shape index (κ1) is 15.4. The van der Waals surface area contributed by atoms with Crippen molar-refractivity contribution in [2.24, 2.45) is 5.16 Å². The molecule has 0 bridgehead atoms. The summed E-state index contributed by atoms with van der Waals surface area (Å²) in [5.41, 5.74) is 2.84. The van der Waals surface area contributed by atoms with Crippen molar-refractivity contribution < 1.29 is 9.23 Å². The summed E-state index contributed by atoms with van der Waals surface area (Å²) in [4.78, 5) is 10.9. The average Bonchev–Trinajstić information content (AvgIpc) is 2.95. The van der Waals surface area contributed by atoms with Gasteiger partial charge in [0.15, 0.2) is 6.61 Å². The molecule has 0 saturated heterocycles. The molecular weight excluding hydrogens is 311 g/mol. The molecule has 0 amide bonds. The van der Waals surface area contributed by atoms with Gasteiger partial charge in [-0.2, -0.15) is 0 Å². The van der Waals surface area contributed by atoms with Crippen LogP contribution in [-0.2, 0) is 11.4 Å². The number of aryl methyl sites for hydroxylation is 1. The molecule has 116 valence electrons. The summed E-state index contributed by atoms with van der Waals surface area (Å²) in [5, 5.41) is 4.90. The Labute approximate surface area is 138 Å². The molecule has 0 unspecified atom stereocenters. The lowest BCUT2D eigenvalue weighted by atomic mass is 10.2. The average molecular weight is 326 g/mol. The van der Waals surface area contributed by atoms with Crippen molar-refractivity contribution in [3.63, 3.8) is 0 Å². The number of hydrogen-bond donors (Lipinski definition) is 0. The maximum atomic E-state index is 12.8. The third-order valence-electron chi connectivity index (χ3n) is 3.26. The first-order chi connectivity index (χ1) is 11.2. The van der Waals surface area contributed by atoms with Crippen molar-refractivity contribution in [3.05, 3.63) is 76.5 Å². The highest BCUT2D eigenvalue weighted by atomic mass is 32.1. The van der Waals surface area contributed by atoms with Gasteiger partial charge >= 0.3 is 0 Å². The van der Waals surface area contributed by atoms with Crippen LogP contribution in [0.4, 0.5) is 4.39 Å². The van der Waals surface area contributed by atoms with Crippen LogP contribution in [-0.4, -0.2) is 11.2 Å². The number of benzene rings is 2. The molecule has 23 heavy (non-hydrogen) atoms. The molecule has 0 atom stereocenters. The number of rotatable bonds is 5. The molecule has 0 fully saturated rings. The highest BCUT2D eigenvalue weighted by molar-refractivity contribution is 7.15. The highest BCUT2D eigenvalue weighted by Crippen LogP contribution is 2.28. The molecule has 0 aliphatic heterocycles. The standard InChI is InChI=1S/C18H15FN2OS/c1-13-17(23-18(21-13)15-5-3-2-4-6-15)12-22-20-11-14-7-9-16(19)10-8-14/h2-11H,12H2,1H3/b20-11+. The molecule has 3 aromatic rings. The van der Waals surface area contributed by atoms with Crippen molar-refractivity contribution >= 4 is 17.6 Å². The van der Waals surface area contributed by atoms with E-state index in [2.05, 4.69) is 10.1 Å². The number of oxime groups is 1. The molecule has 0 N–H and O–H groups in total. The molecule has 2 aromatic carbocycles. The largest absolute Gasteiger partial charge is 0.390 e. The van der Waals surface area contributed by atoms with E-state index in [9.17, 15) is 4.39 Å². The molecule has 0 spiro atoms. The summed E-state index contributed by atoms with van der Waals surface area (Å²) >= 11 is 1.60. The van der Waals surface area contributed by atoms with E-state index in [1.54, 1.807) is 29.7 Å². The Morgan fingerprint density at radius 2 is 1.87 bits per heavy atom. The van der Waals surface area contributed by atoms with Crippen LogP contribution < -0.4 is 0 Å². The molecule has 0 saturated carbocycles. The van der Waals surface area contributed by atoms with Crippen molar-refractivity contribution in [1.29, 1.82) is 0 Å². The molecule has 1 heterocycles. The van der Waals surface area contributed by atoms with Gasteiger partial charge in [-0.1, -0.05) is 47.6 Å². The Kier molecular flexibility index (Phi) is 4.78. The molecule has 1 aromatic heterocycles. The third kappa shape index (κ3) is 4.02. The Bertz CT molecular complexity index is 798. The van der Waals surface area contributed by atoms with E-state index < -0.39 is 0 Å². The fraction of sp³-hybridized carbons (Fsp3) is 0.111. The Balaban J connectivity index is 1.62. The first-order valence-corrected chi connectivity index (χ1v) is 7.96. The molecular formula is C18H15FN2OS. The lowest BCUT2D eigenvalue weighted by Crippen LogP contribution is -1.88. The number of nitrogens with zero attached hydrogens (tertiary/aromatic N) is 2. The van der Waals surface area contributed by atoms with Crippen LogP contribution in [0.5, 0.6) is 0 Å². The van der Waals surface area contributed by atoms with Gasteiger partial charge in [0.05, 0.1) is 16.8 Å². The van der Waals surface area contributed by atoms with Gasteiger partial charge in [0.2, 0.25) is 0 Å². The minimum atomic E-state index is -0.267. The fourth-order valence-electron chi connectivity index (χ4n) is 2.01. The molecule has 3 rings (SSSR count). The van der Waals surface area contributed by atoms with Crippen LogP contribution in [0, 0.1) is 12.7 Å². The van der Waals surface area contributed by atoms with Crippen LogP contribution in [0.2, 0.25) is 0 Å². The predicted molar refractivity (Wildman–Crippen MR) is 91.1 cm³/mol. The second kappa shape index (κ2) is 7.15. The molecule has 0 aliphatic carbocycles. The SMILES string of the molecule is Cc1nc(-c2ccccc2)sc1CO/N=C/c1ccc(F)cc1.